The summed E-state index contributed by atoms with van der Waals surface area (Å²) in [7, 11) is 0. The predicted molar refractivity (Wildman–Crippen MR) is 91.5 cm³/mol. The van der Waals surface area contributed by atoms with Crippen molar-refractivity contribution >= 4 is 17.4 Å². The van der Waals surface area contributed by atoms with Crippen LogP contribution in [0.4, 0.5) is 4.79 Å². The first-order valence-electron chi connectivity index (χ1n) is 7.88. The Kier molecular flexibility index (Phi) is 5.25. The monoisotopic (exact) mass is 331 g/mol. The van der Waals surface area contributed by atoms with E-state index in [-0.39, 0.29) is 18.1 Å². The van der Waals surface area contributed by atoms with Gasteiger partial charge in [0.05, 0.1) is 11.7 Å². The second kappa shape index (κ2) is 7.57. The van der Waals surface area contributed by atoms with Gasteiger partial charge in [-0.15, -0.1) is 11.3 Å². The lowest BCUT2D eigenvalue weighted by Gasteiger charge is -2.24. The van der Waals surface area contributed by atoms with Crippen molar-refractivity contribution in [1.29, 1.82) is 0 Å². The molecular formula is C17H21N3O2S. The molecule has 1 aliphatic rings. The Hall–Kier alpha value is -1.92. The first-order chi connectivity index (χ1) is 11.2. The third-order valence-corrected chi connectivity index (χ3v) is 4.89. The summed E-state index contributed by atoms with van der Waals surface area (Å²) in [6, 6.07) is 10.0. The van der Waals surface area contributed by atoms with Gasteiger partial charge in [-0.05, 0) is 19.8 Å². The molecule has 2 aromatic rings. The normalized spacial score (nSPS) is 16.7. The average molecular weight is 331 g/mol. The topological polar surface area (TPSA) is 63.2 Å². The molecule has 1 saturated heterocycles. The second-order valence-corrected chi connectivity index (χ2v) is 6.55. The second-order valence-electron chi connectivity index (χ2n) is 5.66. The van der Waals surface area contributed by atoms with Crippen molar-refractivity contribution in [2.24, 2.45) is 0 Å². The number of carbonyl (C=O) groups is 1. The molecule has 1 unspecified atom stereocenters. The van der Waals surface area contributed by atoms with E-state index in [4.69, 9.17) is 4.74 Å². The summed E-state index contributed by atoms with van der Waals surface area (Å²) < 4.78 is 5.30. The van der Waals surface area contributed by atoms with E-state index in [9.17, 15) is 4.79 Å². The SMILES string of the molecule is CC(NC(=O)NC1CCOCC1)c1nc(-c2ccccc2)cs1. The fourth-order valence-electron chi connectivity index (χ4n) is 2.56. The minimum Gasteiger partial charge on any atom is -0.381 e. The number of aromatic nitrogens is 1. The van der Waals surface area contributed by atoms with Gasteiger partial charge in [-0.1, -0.05) is 30.3 Å². The number of rotatable bonds is 4. The zero-order valence-electron chi connectivity index (χ0n) is 13.1. The summed E-state index contributed by atoms with van der Waals surface area (Å²) in [6.45, 7) is 3.39. The smallest absolute Gasteiger partial charge is 0.315 e. The number of carbonyl (C=O) groups excluding carboxylic acids is 1. The Balaban J connectivity index is 1.56. The highest BCUT2D eigenvalue weighted by atomic mass is 32.1. The van der Waals surface area contributed by atoms with Crippen LogP contribution in [0.3, 0.4) is 0 Å². The molecule has 122 valence electrons. The fraction of sp³-hybridized carbons (Fsp3) is 0.412. The molecule has 0 aliphatic carbocycles. The van der Waals surface area contributed by atoms with Crippen LogP contribution in [0.25, 0.3) is 11.3 Å². The number of amides is 2. The zero-order chi connectivity index (χ0) is 16.1. The van der Waals surface area contributed by atoms with Gasteiger partial charge in [0.15, 0.2) is 0 Å². The van der Waals surface area contributed by atoms with Crippen LogP contribution in [0, 0.1) is 0 Å². The van der Waals surface area contributed by atoms with Crippen molar-refractivity contribution in [3.8, 4) is 11.3 Å². The van der Waals surface area contributed by atoms with Gasteiger partial charge in [-0.3, -0.25) is 0 Å². The number of thiazole rings is 1. The first-order valence-corrected chi connectivity index (χ1v) is 8.76. The summed E-state index contributed by atoms with van der Waals surface area (Å²) in [5, 5.41) is 8.91. The van der Waals surface area contributed by atoms with Crippen molar-refractivity contribution in [2.45, 2.75) is 31.8 Å². The lowest BCUT2D eigenvalue weighted by atomic mass is 10.1. The summed E-state index contributed by atoms with van der Waals surface area (Å²) in [5.74, 6) is 0. The van der Waals surface area contributed by atoms with E-state index in [0.29, 0.717) is 13.2 Å². The van der Waals surface area contributed by atoms with Gasteiger partial charge < -0.3 is 15.4 Å². The summed E-state index contributed by atoms with van der Waals surface area (Å²) in [5.41, 5.74) is 2.04. The third kappa shape index (κ3) is 4.30. The molecule has 3 rings (SSSR count). The quantitative estimate of drug-likeness (QED) is 0.903. The molecule has 1 aliphatic heterocycles. The van der Waals surface area contributed by atoms with Crippen molar-refractivity contribution in [3.63, 3.8) is 0 Å². The maximum absolute atomic E-state index is 12.1. The number of hydrogen-bond donors (Lipinski definition) is 2. The number of nitrogens with one attached hydrogen (secondary N) is 2. The van der Waals surface area contributed by atoms with E-state index >= 15 is 0 Å². The molecule has 6 heteroatoms. The van der Waals surface area contributed by atoms with Crippen LogP contribution >= 0.6 is 11.3 Å². The highest BCUT2D eigenvalue weighted by Gasteiger charge is 2.18. The summed E-state index contributed by atoms with van der Waals surface area (Å²) in [4.78, 5) is 16.7. The van der Waals surface area contributed by atoms with Crippen LogP contribution in [0.5, 0.6) is 0 Å². The van der Waals surface area contributed by atoms with E-state index in [0.717, 1.165) is 29.1 Å². The van der Waals surface area contributed by atoms with Crippen LogP contribution in [-0.4, -0.2) is 30.3 Å². The van der Waals surface area contributed by atoms with E-state index in [2.05, 4.69) is 15.6 Å². The van der Waals surface area contributed by atoms with E-state index in [1.807, 2.05) is 42.6 Å². The molecule has 0 saturated carbocycles. The van der Waals surface area contributed by atoms with Gasteiger partial charge >= 0.3 is 6.03 Å². The maximum atomic E-state index is 12.1. The van der Waals surface area contributed by atoms with Crippen molar-refractivity contribution in [1.82, 2.24) is 15.6 Å². The Bertz CT molecular complexity index is 638. The third-order valence-electron chi connectivity index (χ3n) is 3.87. The Morgan fingerprint density at radius 2 is 2.04 bits per heavy atom. The molecule has 1 aromatic heterocycles. The van der Waals surface area contributed by atoms with Crippen LogP contribution in [0.1, 0.15) is 30.8 Å². The molecule has 1 fully saturated rings. The molecule has 23 heavy (non-hydrogen) atoms. The molecule has 2 amide bonds. The Labute approximate surface area is 140 Å². The predicted octanol–water partition coefficient (Wildman–Crippen LogP) is 3.35. The number of ether oxygens (including phenoxy) is 1. The van der Waals surface area contributed by atoms with Gasteiger partial charge in [-0.2, -0.15) is 0 Å². The lowest BCUT2D eigenvalue weighted by Crippen LogP contribution is -2.45. The molecule has 2 N–H and O–H groups in total. The van der Waals surface area contributed by atoms with Gasteiger partial charge in [0.25, 0.3) is 0 Å². The first kappa shape index (κ1) is 16.0. The van der Waals surface area contributed by atoms with Crippen LogP contribution in [0.2, 0.25) is 0 Å². The highest BCUT2D eigenvalue weighted by Crippen LogP contribution is 2.25. The van der Waals surface area contributed by atoms with Gasteiger partial charge in [-0.25, -0.2) is 9.78 Å². The van der Waals surface area contributed by atoms with Crippen LogP contribution in [0.15, 0.2) is 35.7 Å². The van der Waals surface area contributed by atoms with Gasteiger partial charge in [0.2, 0.25) is 0 Å². The van der Waals surface area contributed by atoms with E-state index in [1.165, 1.54) is 0 Å². The molecule has 1 aromatic carbocycles. The van der Waals surface area contributed by atoms with Gasteiger partial charge in [0, 0.05) is 30.2 Å². The van der Waals surface area contributed by atoms with Gasteiger partial charge in [0.1, 0.15) is 5.01 Å². The zero-order valence-corrected chi connectivity index (χ0v) is 13.9. The molecule has 1 atom stereocenters. The summed E-state index contributed by atoms with van der Waals surface area (Å²) >= 11 is 1.57. The fourth-order valence-corrected chi connectivity index (χ4v) is 3.39. The molecule has 0 spiro atoms. The number of nitrogens with zero attached hydrogens (tertiary/aromatic N) is 1. The molecule has 2 heterocycles. The molecular weight excluding hydrogens is 310 g/mol. The van der Waals surface area contributed by atoms with Crippen molar-refractivity contribution < 1.29 is 9.53 Å². The number of benzene rings is 1. The van der Waals surface area contributed by atoms with Crippen molar-refractivity contribution in [2.75, 3.05) is 13.2 Å². The number of urea groups is 1. The number of hydrogen-bond acceptors (Lipinski definition) is 4. The maximum Gasteiger partial charge on any atom is 0.315 e. The van der Waals surface area contributed by atoms with E-state index < -0.39 is 0 Å². The Morgan fingerprint density at radius 1 is 1.30 bits per heavy atom. The Morgan fingerprint density at radius 3 is 2.78 bits per heavy atom. The van der Waals surface area contributed by atoms with Crippen LogP contribution in [-0.2, 0) is 4.74 Å². The average Bonchev–Trinajstić information content (AvgIpc) is 3.06. The molecule has 0 bridgehead atoms. The largest absolute Gasteiger partial charge is 0.381 e. The van der Waals surface area contributed by atoms with Crippen LogP contribution < -0.4 is 10.6 Å². The summed E-state index contributed by atoms with van der Waals surface area (Å²) in [6.07, 6.45) is 1.74. The standard InChI is InChI=1S/C17H21N3O2S/c1-12(18-17(21)19-14-7-9-22-10-8-14)16-20-15(11-23-16)13-5-3-2-4-6-13/h2-6,11-12,14H,7-10H2,1H3,(H2,18,19,21). The van der Waals surface area contributed by atoms with E-state index in [1.54, 1.807) is 11.3 Å². The minimum atomic E-state index is -0.138. The molecule has 0 radical (unpaired) electrons. The van der Waals surface area contributed by atoms with Crippen molar-refractivity contribution in [3.05, 3.63) is 40.7 Å². The highest BCUT2D eigenvalue weighted by molar-refractivity contribution is 7.10. The lowest BCUT2D eigenvalue weighted by molar-refractivity contribution is 0.0800. The molecule has 5 nitrogen and oxygen atoms in total. The minimum absolute atomic E-state index is 0.114.